The number of carboxylic acids is 1. The summed E-state index contributed by atoms with van der Waals surface area (Å²) in [5.74, 6) is -0.740. The van der Waals surface area contributed by atoms with Crippen LogP contribution in [0.3, 0.4) is 0 Å². The van der Waals surface area contributed by atoms with Crippen molar-refractivity contribution < 1.29 is 9.90 Å². The van der Waals surface area contributed by atoms with Gasteiger partial charge in [0.25, 0.3) is 0 Å². The molecule has 0 aromatic carbocycles. The molecule has 0 unspecified atom stereocenters. The lowest BCUT2D eigenvalue weighted by atomic mass is 10.0. The topological polar surface area (TPSA) is 87.4 Å². The molecule has 88 valence electrons. The molecule has 0 aliphatic carbocycles. The van der Waals surface area contributed by atoms with E-state index in [2.05, 4.69) is 10.6 Å². The van der Waals surface area contributed by atoms with Gasteiger partial charge in [-0.2, -0.15) is 0 Å². The molecular weight excluding hydrogens is 194 g/mol. The van der Waals surface area contributed by atoms with E-state index in [1.807, 2.05) is 0 Å². The molecule has 0 aromatic heterocycles. The van der Waals surface area contributed by atoms with Crippen LogP contribution in [0.15, 0.2) is 0 Å². The smallest absolute Gasteiger partial charge is 0.304 e. The Kier molecular flexibility index (Phi) is 5.60. The number of nitrogens with two attached hydrogens (primary N) is 1. The maximum atomic E-state index is 10.5. The first-order chi connectivity index (χ1) is 7.22. The molecule has 0 aromatic rings. The van der Waals surface area contributed by atoms with Gasteiger partial charge in [0, 0.05) is 25.2 Å². The molecule has 5 N–H and O–H groups in total. The van der Waals surface area contributed by atoms with E-state index in [-0.39, 0.29) is 12.5 Å². The van der Waals surface area contributed by atoms with Crippen molar-refractivity contribution in [1.82, 2.24) is 10.6 Å². The van der Waals surface area contributed by atoms with Crippen LogP contribution < -0.4 is 16.4 Å². The highest BCUT2D eigenvalue weighted by Crippen LogP contribution is 2.05. The number of hydrogen-bond donors (Lipinski definition) is 4. The Hall–Kier alpha value is -0.650. The average Bonchev–Trinajstić information content (AvgIpc) is 2.20. The average molecular weight is 215 g/mol. The summed E-state index contributed by atoms with van der Waals surface area (Å²) >= 11 is 0. The Morgan fingerprint density at radius 1 is 1.27 bits per heavy atom. The molecule has 15 heavy (non-hydrogen) atoms. The van der Waals surface area contributed by atoms with Crippen molar-refractivity contribution >= 4 is 5.97 Å². The maximum absolute atomic E-state index is 10.5. The van der Waals surface area contributed by atoms with E-state index in [9.17, 15) is 4.79 Å². The number of nitrogens with one attached hydrogen (secondary N) is 2. The van der Waals surface area contributed by atoms with Crippen molar-refractivity contribution in [1.29, 1.82) is 0 Å². The Labute approximate surface area is 90.4 Å². The first kappa shape index (κ1) is 12.4. The minimum atomic E-state index is -0.740. The molecule has 1 heterocycles. The summed E-state index contributed by atoms with van der Waals surface area (Å²) in [6.07, 6.45) is 3.52. The van der Waals surface area contributed by atoms with Crippen LogP contribution in [-0.2, 0) is 4.79 Å². The van der Waals surface area contributed by atoms with E-state index < -0.39 is 5.97 Å². The molecule has 0 amide bonds. The highest BCUT2D eigenvalue weighted by molar-refractivity contribution is 5.67. The molecule has 1 saturated heterocycles. The Morgan fingerprint density at radius 3 is 2.47 bits per heavy atom. The maximum Gasteiger partial charge on any atom is 0.304 e. The second kappa shape index (κ2) is 6.76. The number of aliphatic carboxylic acids is 1. The number of carbonyl (C=O) groups is 1. The first-order valence-corrected chi connectivity index (χ1v) is 5.61. The van der Waals surface area contributed by atoms with Gasteiger partial charge in [-0.15, -0.1) is 0 Å². The van der Waals surface area contributed by atoms with Crippen molar-refractivity contribution in [2.75, 3.05) is 19.6 Å². The van der Waals surface area contributed by atoms with Crippen LogP contribution in [0.1, 0.15) is 25.7 Å². The first-order valence-electron chi connectivity index (χ1n) is 5.61. The molecule has 0 spiro atoms. The highest BCUT2D eigenvalue weighted by Gasteiger charge is 2.20. The minimum absolute atomic E-state index is 0.0771. The Morgan fingerprint density at radius 2 is 1.93 bits per heavy atom. The largest absolute Gasteiger partial charge is 0.481 e. The van der Waals surface area contributed by atoms with Crippen LogP contribution >= 0.6 is 0 Å². The lowest BCUT2D eigenvalue weighted by molar-refractivity contribution is -0.137. The van der Waals surface area contributed by atoms with Crippen LogP contribution in [0.5, 0.6) is 0 Å². The number of rotatable bonds is 6. The van der Waals surface area contributed by atoms with E-state index in [1.165, 1.54) is 0 Å². The van der Waals surface area contributed by atoms with E-state index in [0.717, 1.165) is 38.9 Å². The zero-order valence-corrected chi connectivity index (χ0v) is 9.04. The minimum Gasteiger partial charge on any atom is -0.481 e. The number of piperazine rings is 1. The fraction of sp³-hybridized carbons (Fsp3) is 0.900. The third-order valence-electron chi connectivity index (χ3n) is 2.73. The molecule has 5 heteroatoms. The van der Waals surface area contributed by atoms with E-state index >= 15 is 0 Å². The van der Waals surface area contributed by atoms with Crippen LogP contribution in [0, 0.1) is 0 Å². The predicted molar refractivity (Wildman–Crippen MR) is 58.7 cm³/mol. The number of hydrogen-bond acceptors (Lipinski definition) is 4. The summed E-state index contributed by atoms with van der Waals surface area (Å²) in [6.45, 7) is 2.36. The molecule has 1 rings (SSSR count). The van der Waals surface area contributed by atoms with Crippen LogP contribution in [0.25, 0.3) is 0 Å². The third-order valence-corrected chi connectivity index (χ3v) is 2.73. The van der Waals surface area contributed by atoms with Crippen molar-refractivity contribution in [3.8, 4) is 0 Å². The lowest BCUT2D eigenvalue weighted by Gasteiger charge is -2.30. The molecule has 0 radical (unpaired) electrons. The summed E-state index contributed by atoms with van der Waals surface area (Å²) in [6, 6.07) is 0.551. The van der Waals surface area contributed by atoms with Gasteiger partial charge in [-0.3, -0.25) is 4.79 Å². The van der Waals surface area contributed by atoms with E-state index in [0.29, 0.717) is 6.04 Å². The normalized spacial score (nSPS) is 26.5. The summed E-state index contributed by atoms with van der Waals surface area (Å²) in [5.41, 5.74) is 5.42. The zero-order chi connectivity index (χ0) is 11.1. The van der Waals surface area contributed by atoms with Gasteiger partial charge in [0.2, 0.25) is 0 Å². The van der Waals surface area contributed by atoms with E-state index in [1.54, 1.807) is 0 Å². The lowest BCUT2D eigenvalue weighted by Crippen LogP contribution is -2.54. The summed E-state index contributed by atoms with van der Waals surface area (Å²) < 4.78 is 0. The fourth-order valence-corrected chi connectivity index (χ4v) is 1.86. The van der Waals surface area contributed by atoms with Crippen molar-refractivity contribution in [3.05, 3.63) is 0 Å². The summed E-state index contributed by atoms with van der Waals surface area (Å²) in [5, 5.41) is 15.2. The summed E-state index contributed by atoms with van der Waals surface area (Å²) in [4.78, 5) is 10.5. The van der Waals surface area contributed by atoms with Crippen LogP contribution in [0.2, 0.25) is 0 Å². The van der Waals surface area contributed by atoms with Crippen molar-refractivity contribution in [2.45, 2.75) is 37.8 Å². The SMILES string of the molecule is NCCCC[C@H]1CN[C@H](CC(=O)O)CN1. The summed E-state index contributed by atoms with van der Waals surface area (Å²) in [7, 11) is 0. The standard InChI is InChI=1S/C10H21N3O2/c11-4-2-1-3-8-6-13-9(7-12-8)5-10(14)15/h8-9,12-13H,1-7,11H2,(H,14,15)/t8-,9+/m0/s1. The zero-order valence-electron chi connectivity index (χ0n) is 9.04. The molecule has 0 bridgehead atoms. The molecule has 5 nitrogen and oxygen atoms in total. The van der Waals surface area contributed by atoms with Gasteiger partial charge in [-0.05, 0) is 19.4 Å². The van der Waals surface area contributed by atoms with Gasteiger partial charge in [-0.1, -0.05) is 6.42 Å². The van der Waals surface area contributed by atoms with Gasteiger partial charge in [-0.25, -0.2) is 0 Å². The second-order valence-corrected chi connectivity index (χ2v) is 4.09. The molecule has 1 fully saturated rings. The van der Waals surface area contributed by atoms with Crippen LogP contribution in [0.4, 0.5) is 0 Å². The second-order valence-electron chi connectivity index (χ2n) is 4.09. The number of unbranched alkanes of at least 4 members (excludes halogenated alkanes) is 1. The van der Waals surface area contributed by atoms with Gasteiger partial charge in [0.15, 0.2) is 0 Å². The quantitative estimate of drug-likeness (QED) is 0.450. The Bertz CT molecular complexity index is 191. The predicted octanol–water partition coefficient (Wildman–Crippen LogP) is -0.480. The molecular formula is C10H21N3O2. The van der Waals surface area contributed by atoms with E-state index in [4.69, 9.17) is 10.8 Å². The molecule has 0 saturated carbocycles. The highest BCUT2D eigenvalue weighted by atomic mass is 16.4. The van der Waals surface area contributed by atoms with Gasteiger partial charge >= 0.3 is 5.97 Å². The third kappa shape index (κ3) is 5.11. The van der Waals surface area contributed by atoms with Crippen molar-refractivity contribution in [2.24, 2.45) is 5.73 Å². The van der Waals surface area contributed by atoms with Gasteiger partial charge in [0.05, 0.1) is 6.42 Å². The fourth-order valence-electron chi connectivity index (χ4n) is 1.86. The monoisotopic (exact) mass is 215 g/mol. The van der Waals surface area contributed by atoms with Gasteiger partial charge < -0.3 is 21.5 Å². The number of carboxylic acid groups (broad SMARTS) is 1. The molecule has 1 aliphatic heterocycles. The van der Waals surface area contributed by atoms with Crippen LogP contribution in [-0.4, -0.2) is 42.8 Å². The van der Waals surface area contributed by atoms with Gasteiger partial charge in [0.1, 0.15) is 0 Å². The Balaban J connectivity index is 2.10. The molecule has 1 aliphatic rings. The van der Waals surface area contributed by atoms with Crippen molar-refractivity contribution in [3.63, 3.8) is 0 Å². The molecule has 2 atom stereocenters.